The van der Waals surface area contributed by atoms with Crippen molar-refractivity contribution in [3.8, 4) is 11.5 Å². The van der Waals surface area contributed by atoms with Gasteiger partial charge in [0, 0.05) is 27.7 Å². The van der Waals surface area contributed by atoms with E-state index in [2.05, 4.69) is 5.32 Å². The Labute approximate surface area is 188 Å². The molecule has 160 valence electrons. The molecule has 1 fully saturated rings. The maximum atomic E-state index is 12.3. The summed E-state index contributed by atoms with van der Waals surface area (Å²) in [5.74, 6) is 1.09. The van der Waals surface area contributed by atoms with Gasteiger partial charge in [-0.1, -0.05) is 61.0 Å². The fourth-order valence-electron chi connectivity index (χ4n) is 3.57. The van der Waals surface area contributed by atoms with Crippen molar-refractivity contribution in [2.45, 2.75) is 51.2 Å². The van der Waals surface area contributed by atoms with Crippen LogP contribution in [0.25, 0.3) is 6.08 Å². The van der Waals surface area contributed by atoms with E-state index < -0.39 is 0 Å². The van der Waals surface area contributed by atoms with Crippen molar-refractivity contribution in [3.63, 3.8) is 0 Å². The highest BCUT2D eigenvalue weighted by atomic mass is 35.5. The van der Waals surface area contributed by atoms with E-state index in [-0.39, 0.29) is 18.6 Å². The summed E-state index contributed by atoms with van der Waals surface area (Å²) >= 11 is 12.4. The molecule has 30 heavy (non-hydrogen) atoms. The van der Waals surface area contributed by atoms with Gasteiger partial charge in [-0.2, -0.15) is 0 Å². The molecule has 2 aromatic rings. The first kappa shape index (κ1) is 22.5. The zero-order valence-corrected chi connectivity index (χ0v) is 18.6. The molecule has 0 heterocycles. The van der Waals surface area contributed by atoms with E-state index in [1.54, 1.807) is 37.5 Å². The number of nitrogens with one attached hydrogen (secondary N) is 1. The van der Waals surface area contributed by atoms with Crippen LogP contribution in [-0.2, 0) is 11.4 Å². The van der Waals surface area contributed by atoms with Gasteiger partial charge in [0.2, 0.25) is 5.91 Å². The van der Waals surface area contributed by atoms with Crippen molar-refractivity contribution in [1.82, 2.24) is 5.32 Å². The molecule has 1 saturated carbocycles. The van der Waals surface area contributed by atoms with E-state index in [1.165, 1.54) is 25.7 Å². The summed E-state index contributed by atoms with van der Waals surface area (Å²) < 4.78 is 11.3. The molecule has 0 saturated heterocycles. The monoisotopic (exact) mass is 447 g/mol. The minimum absolute atomic E-state index is 0.0606. The van der Waals surface area contributed by atoms with Crippen LogP contribution in [0.4, 0.5) is 0 Å². The molecule has 0 atom stereocenters. The molecule has 0 unspecified atom stereocenters. The number of hydrogen-bond donors (Lipinski definition) is 1. The molecule has 2 aromatic carbocycles. The number of rotatable bonds is 7. The molecule has 1 aliphatic carbocycles. The van der Waals surface area contributed by atoms with Crippen LogP contribution in [0, 0.1) is 0 Å². The lowest BCUT2D eigenvalue weighted by Crippen LogP contribution is -2.33. The third kappa shape index (κ3) is 6.41. The Morgan fingerprint density at radius 3 is 2.43 bits per heavy atom. The van der Waals surface area contributed by atoms with Crippen LogP contribution in [0.1, 0.15) is 49.7 Å². The Balaban J connectivity index is 1.61. The summed E-state index contributed by atoms with van der Waals surface area (Å²) in [6.07, 6.45) is 10.4. The van der Waals surface area contributed by atoms with Crippen molar-refractivity contribution in [2.24, 2.45) is 0 Å². The largest absolute Gasteiger partial charge is 0.493 e. The maximum Gasteiger partial charge on any atom is 0.244 e. The van der Waals surface area contributed by atoms with E-state index >= 15 is 0 Å². The molecule has 4 nitrogen and oxygen atoms in total. The molecule has 1 amide bonds. The normalized spacial score (nSPS) is 15.0. The second kappa shape index (κ2) is 11.3. The molecular formula is C24H27Cl2NO3. The quantitative estimate of drug-likeness (QED) is 0.392. The zero-order chi connectivity index (χ0) is 21.3. The van der Waals surface area contributed by atoms with Gasteiger partial charge in [0.25, 0.3) is 0 Å². The minimum Gasteiger partial charge on any atom is -0.493 e. The van der Waals surface area contributed by atoms with Crippen LogP contribution in [0.3, 0.4) is 0 Å². The van der Waals surface area contributed by atoms with E-state index in [4.69, 9.17) is 32.7 Å². The Kier molecular flexibility index (Phi) is 8.47. The smallest absolute Gasteiger partial charge is 0.244 e. The molecular weight excluding hydrogens is 421 g/mol. The second-order valence-corrected chi connectivity index (χ2v) is 8.24. The van der Waals surface area contributed by atoms with Crippen molar-refractivity contribution < 1.29 is 14.3 Å². The summed E-state index contributed by atoms with van der Waals surface area (Å²) in [5, 5.41) is 4.22. The summed E-state index contributed by atoms with van der Waals surface area (Å²) in [5.41, 5.74) is 1.58. The molecule has 6 heteroatoms. The van der Waals surface area contributed by atoms with Gasteiger partial charge in [0.1, 0.15) is 6.61 Å². The highest BCUT2D eigenvalue weighted by molar-refractivity contribution is 6.35. The summed E-state index contributed by atoms with van der Waals surface area (Å²) in [4.78, 5) is 12.3. The molecule has 1 aliphatic rings. The molecule has 1 N–H and O–H groups in total. The van der Waals surface area contributed by atoms with Crippen LogP contribution >= 0.6 is 23.2 Å². The van der Waals surface area contributed by atoms with Gasteiger partial charge >= 0.3 is 0 Å². The number of methoxy groups -OCH3 is 1. The van der Waals surface area contributed by atoms with Crippen molar-refractivity contribution in [2.75, 3.05) is 7.11 Å². The lowest BCUT2D eigenvalue weighted by atomic mass is 10.1. The highest BCUT2D eigenvalue weighted by Gasteiger charge is 2.13. The Bertz CT molecular complexity index is 870. The molecule has 0 radical (unpaired) electrons. The zero-order valence-electron chi connectivity index (χ0n) is 17.1. The van der Waals surface area contributed by atoms with Gasteiger partial charge in [0.05, 0.1) is 7.11 Å². The van der Waals surface area contributed by atoms with Crippen LogP contribution in [-0.4, -0.2) is 19.1 Å². The first-order valence-corrected chi connectivity index (χ1v) is 11.0. The molecule has 0 aliphatic heterocycles. The first-order chi connectivity index (χ1) is 14.6. The predicted molar refractivity (Wildman–Crippen MR) is 122 cm³/mol. The Morgan fingerprint density at radius 1 is 1.07 bits per heavy atom. The third-order valence-corrected chi connectivity index (χ3v) is 5.96. The number of carbonyl (C=O) groups excluding carboxylic acids is 1. The topological polar surface area (TPSA) is 47.6 Å². The number of benzene rings is 2. The second-order valence-electron chi connectivity index (χ2n) is 7.43. The lowest BCUT2D eigenvalue weighted by molar-refractivity contribution is -0.117. The first-order valence-electron chi connectivity index (χ1n) is 10.3. The van der Waals surface area contributed by atoms with Gasteiger partial charge in [-0.05, 0) is 48.7 Å². The van der Waals surface area contributed by atoms with Crippen molar-refractivity contribution >= 4 is 35.2 Å². The van der Waals surface area contributed by atoms with Gasteiger partial charge in [-0.25, -0.2) is 0 Å². The van der Waals surface area contributed by atoms with Crippen LogP contribution in [0.5, 0.6) is 11.5 Å². The van der Waals surface area contributed by atoms with Gasteiger partial charge in [-0.3, -0.25) is 4.79 Å². The minimum atomic E-state index is -0.0606. The fraction of sp³-hybridized carbons (Fsp3) is 0.375. The van der Waals surface area contributed by atoms with Gasteiger partial charge in [0.15, 0.2) is 11.5 Å². The number of ether oxygens (including phenoxy) is 2. The maximum absolute atomic E-state index is 12.3. The Hall–Kier alpha value is -2.17. The van der Waals surface area contributed by atoms with Crippen molar-refractivity contribution in [3.05, 3.63) is 63.6 Å². The van der Waals surface area contributed by atoms with E-state index in [0.717, 1.165) is 24.0 Å². The molecule has 0 aromatic heterocycles. The molecule has 0 spiro atoms. The van der Waals surface area contributed by atoms with E-state index in [9.17, 15) is 4.79 Å². The standard InChI is InChI=1S/C24H27Cl2NO3/c1-29-23-15-17(12-14-24(28)27-18-7-4-2-3-5-8-18)11-13-22(23)30-16-19-20(25)9-6-10-21(19)26/h6,9-15,18H,2-5,7-8,16H2,1H3,(H,27,28)/b14-12+. The molecule has 3 rings (SSSR count). The van der Waals surface area contributed by atoms with Crippen LogP contribution in [0.2, 0.25) is 10.0 Å². The fourth-order valence-corrected chi connectivity index (χ4v) is 4.08. The lowest BCUT2D eigenvalue weighted by Gasteiger charge is -2.14. The van der Waals surface area contributed by atoms with E-state index in [1.807, 2.05) is 18.2 Å². The van der Waals surface area contributed by atoms with Gasteiger partial charge in [-0.15, -0.1) is 0 Å². The molecule has 0 bridgehead atoms. The highest BCUT2D eigenvalue weighted by Crippen LogP contribution is 2.31. The average Bonchev–Trinajstić information content (AvgIpc) is 3.01. The number of halogens is 2. The van der Waals surface area contributed by atoms with E-state index in [0.29, 0.717) is 21.5 Å². The number of amides is 1. The SMILES string of the molecule is COc1cc(/C=C/C(=O)NC2CCCCCC2)ccc1OCc1c(Cl)cccc1Cl. The van der Waals surface area contributed by atoms with Gasteiger partial charge < -0.3 is 14.8 Å². The van der Waals surface area contributed by atoms with Crippen LogP contribution < -0.4 is 14.8 Å². The van der Waals surface area contributed by atoms with Crippen molar-refractivity contribution in [1.29, 1.82) is 0 Å². The average molecular weight is 448 g/mol. The Morgan fingerprint density at radius 2 is 1.77 bits per heavy atom. The summed E-state index contributed by atoms with van der Waals surface area (Å²) in [6, 6.07) is 11.1. The van der Waals surface area contributed by atoms with Crippen LogP contribution in [0.15, 0.2) is 42.5 Å². The predicted octanol–water partition coefficient (Wildman–Crippen LogP) is 6.43. The number of hydrogen-bond acceptors (Lipinski definition) is 3. The third-order valence-electron chi connectivity index (χ3n) is 5.25. The summed E-state index contributed by atoms with van der Waals surface area (Å²) in [7, 11) is 1.58. The number of carbonyl (C=O) groups is 1. The summed E-state index contributed by atoms with van der Waals surface area (Å²) in [6.45, 7) is 0.230.